The number of rotatable bonds is 5. The summed E-state index contributed by atoms with van der Waals surface area (Å²) in [5, 5.41) is 10.4. The van der Waals surface area contributed by atoms with Gasteiger partial charge in [-0.15, -0.1) is 0 Å². The predicted octanol–water partition coefficient (Wildman–Crippen LogP) is 5.27. The lowest BCUT2D eigenvalue weighted by atomic mass is 10.0. The molecule has 2 atom stereocenters. The zero-order valence-electron chi connectivity index (χ0n) is 16.5. The number of hydrogen-bond acceptors (Lipinski definition) is 6. The normalized spacial score (nSPS) is 19.0. The molecule has 0 radical (unpaired) electrons. The number of nitrogens with zero attached hydrogens (tertiary/aromatic N) is 1. The van der Waals surface area contributed by atoms with E-state index in [-0.39, 0.29) is 11.4 Å². The Hall–Kier alpha value is -2.61. The highest BCUT2D eigenvalue weighted by molar-refractivity contribution is 7.99. The van der Waals surface area contributed by atoms with Crippen molar-refractivity contribution in [1.29, 1.82) is 0 Å². The second kappa shape index (κ2) is 9.26. The molecule has 0 amide bonds. The van der Waals surface area contributed by atoms with Crippen LogP contribution < -0.4 is 4.74 Å². The summed E-state index contributed by atoms with van der Waals surface area (Å²) in [6.45, 7) is 0. The Morgan fingerprint density at radius 2 is 2.19 bits per heavy atom. The number of aliphatic hydroxyl groups excluding tert-OH is 1. The molecule has 1 aliphatic rings. The minimum Gasteiger partial charge on any atom is -0.497 e. The van der Waals surface area contributed by atoms with Gasteiger partial charge in [-0.05, 0) is 36.4 Å². The summed E-state index contributed by atoms with van der Waals surface area (Å²) in [5.41, 5.74) is 1.28. The average molecular weight is 460 g/mol. The number of pyridine rings is 1. The molecule has 3 aromatic rings. The maximum absolute atomic E-state index is 14.3. The number of ether oxygens (including phenoxy) is 2. The van der Waals surface area contributed by atoms with E-state index in [1.165, 1.54) is 23.9 Å². The first-order valence-electron chi connectivity index (χ1n) is 9.58. The molecule has 1 aliphatic heterocycles. The van der Waals surface area contributed by atoms with Crippen molar-refractivity contribution in [2.75, 3.05) is 7.11 Å². The van der Waals surface area contributed by atoms with Gasteiger partial charge in [-0.3, -0.25) is 9.78 Å². The number of halogens is 2. The van der Waals surface area contributed by atoms with E-state index in [0.29, 0.717) is 23.1 Å². The van der Waals surface area contributed by atoms with Gasteiger partial charge in [0.1, 0.15) is 17.7 Å². The van der Waals surface area contributed by atoms with Crippen molar-refractivity contribution < 1.29 is 23.8 Å². The van der Waals surface area contributed by atoms with Crippen LogP contribution in [0, 0.1) is 5.82 Å². The molecular formula is C23H19ClFNO4S. The van der Waals surface area contributed by atoms with Gasteiger partial charge in [0.05, 0.1) is 30.2 Å². The molecule has 8 heteroatoms. The van der Waals surface area contributed by atoms with Crippen molar-refractivity contribution in [3.8, 4) is 5.75 Å². The standard InChI is InChI=1S/C23H19ClFNO4S/c1-29-15-3-2-4-17(9-15)31-23-13(5-6-16-7-14(27)8-22(28)30-16)12-26-21-11-19(24)20(25)10-18(21)23/h2-6,9-12,14,16,27H,7-8H2,1H3/b6-5+/t14-,16-/m1/s1. The Kier molecular flexibility index (Phi) is 6.46. The van der Waals surface area contributed by atoms with E-state index in [0.717, 1.165) is 15.4 Å². The lowest BCUT2D eigenvalue weighted by Crippen LogP contribution is -2.31. The van der Waals surface area contributed by atoms with Crippen molar-refractivity contribution in [1.82, 2.24) is 4.98 Å². The molecule has 0 unspecified atom stereocenters. The minimum atomic E-state index is -0.729. The molecule has 1 aromatic heterocycles. The molecule has 5 nitrogen and oxygen atoms in total. The Morgan fingerprint density at radius 3 is 2.97 bits per heavy atom. The van der Waals surface area contributed by atoms with Crippen molar-refractivity contribution in [2.45, 2.75) is 34.8 Å². The number of cyclic esters (lactones) is 1. The fourth-order valence-electron chi connectivity index (χ4n) is 3.33. The van der Waals surface area contributed by atoms with E-state index in [9.17, 15) is 14.3 Å². The Bertz CT molecular complexity index is 1170. The first kappa shape index (κ1) is 21.6. The monoisotopic (exact) mass is 459 g/mol. The Labute approximate surface area is 187 Å². The molecule has 4 rings (SSSR count). The van der Waals surface area contributed by atoms with E-state index < -0.39 is 24.0 Å². The van der Waals surface area contributed by atoms with E-state index >= 15 is 0 Å². The Balaban J connectivity index is 1.76. The molecular weight excluding hydrogens is 441 g/mol. The number of hydrogen-bond donors (Lipinski definition) is 1. The third kappa shape index (κ3) is 5.01. The summed E-state index contributed by atoms with van der Waals surface area (Å²) in [5.74, 6) is -0.264. The van der Waals surface area contributed by atoms with Gasteiger partial charge >= 0.3 is 5.97 Å². The summed E-state index contributed by atoms with van der Waals surface area (Å²) in [7, 11) is 1.59. The van der Waals surface area contributed by atoms with Crippen molar-refractivity contribution in [3.63, 3.8) is 0 Å². The summed E-state index contributed by atoms with van der Waals surface area (Å²) < 4.78 is 24.9. The quantitative estimate of drug-likeness (QED) is 0.524. The Morgan fingerprint density at radius 1 is 1.35 bits per heavy atom. The molecule has 1 fully saturated rings. The molecule has 2 aromatic carbocycles. The van der Waals surface area contributed by atoms with Crippen LogP contribution in [0.5, 0.6) is 5.75 Å². The highest BCUT2D eigenvalue weighted by Crippen LogP contribution is 2.38. The van der Waals surface area contributed by atoms with Gasteiger partial charge in [0.2, 0.25) is 0 Å². The van der Waals surface area contributed by atoms with Crippen molar-refractivity contribution in [3.05, 3.63) is 65.1 Å². The number of aliphatic hydroxyl groups is 1. The van der Waals surface area contributed by atoms with E-state index in [2.05, 4.69) is 4.98 Å². The highest BCUT2D eigenvalue weighted by Gasteiger charge is 2.25. The van der Waals surface area contributed by atoms with E-state index in [4.69, 9.17) is 21.1 Å². The third-order valence-electron chi connectivity index (χ3n) is 4.83. The number of methoxy groups -OCH3 is 1. The van der Waals surface area contributed by atoms with Gasteiger partial charge in [-0.2, -0.15) is 0 Å². The van der Waals surface area contributed by atoms with Crippen molar-refractivity contribution in [2.24, 2.45) is 0 Å². The van der Waals surface area contributed by atoms with Crippen LogP contribution in [0.15, 0.2) is 58.5 Å². The van der Waals surface area contributed by atoms with Gasteiger partial charge in [0.15, 0.2) is 0 Å². The van der Waals surface area contributed by atoms with Gasteiger partial charge in [-0.25, -0.2) is 4.39 Å². The predicted molar refractivity (Wildman–Crippen MR) is 118 cm³/mol. The average Bonchev–Trinajstić information content (AvgIpc) is 2.74. The van der Waals surface area contributed by atoms with Crippen LogP contribution in [-0.4, -0.2) is 35.4 Å². The summed E-state index contributed by atoms with van der Waals surface area (Å²) in [6, 6.07) is 10.4. The van der Waals surface area contributed by atoms with Crippen LogP contribution in [-0.2, 0) is 9.53 Å². The summed E-state index contributed by atoms with van der Waals surface area (Å²) in [4.78, 5) is 17.7. The molecule has 0 spiro atoms. The van der Waals surface area contributed by atoms with Gasteiger partial charge in [0.25, 0.3) is 0 Å². The lowest BCUT2D eigenvalue weighted by Gasteiger charge is -2.23. The van der Waals surface area contributed by atoms with Crippen LogP contribution in [0.25, 0.3) is 17.0 Å². The van der Waals surface area contributed by atoms with Gasteiger partial charge < -0.3 is 14.6 Å². The number of benzene rings is 2. The largest absolute Gasteiger partial charge is 0.497 e. The molecule has 0 aliphatic carbocycles. The maximum Gasteiger partial charge on any atom is 0.309 e. The SMILES string of the molecule is COc1cccc(Sc2c(/C=C/[C@@H]3C[C@@H](O)CC(=O)O3)cnc3cc(Cl)c(F)cc23)c1. The molecule has 31 heavy (non-hydrogen) atoms. The number of carbonyl (C=O) groups is 1. The third-order valence-corrected chi connectivity index (χ3v) is 6.27. The fraction of sp³-hybridized carbons (Fsp3) is 0.217. The number of aromatic nitrogens is 1. The highest BCUT2D eigenvalue weighted by atomic mass is 35.5. The first-order valence-corrected chi connectivity index (χ1v) is 10.8. The number of carbonyl (C=O) groups excluding carboxylic acids is 1. The van der Waals surface area contributed by atoms with Crippen molar-refractivity contribution >= 4 is 46.3 Å². The first-order chi connectivity index (χ1) is 14.9. The van der Waals surface area contributed by atoms with Crippen LogP contribution >= 0.6 is 23.4 Å². The maximum atomic E-state index is 14.3. The van der Waals surface area contributed by atoms with Crippen LogP contribution in [0.1, 0.15) is 18.4 Å². The van der Waals surface area contributed by atoms with Gasteiger partial charge in [-0.1, -0.05) is 35.5 Å². The summed E-state index contributed by atoms with van der Waals surface area (Å²) in [6.07, 6.45) is 4.21. The number of esters is 1. The zero-order valence-corrected chi connectivity index (χ0v) is 18.1. The fourth-order valence-corrected chi connectivity index (χ4v) is 4.56. The smallest absolute Gasteiger partial charge is 0.309 e. The molecule has 0 saturated carbocycles. The second-order valence-electron chi connectivity index (χ2n) is 7.09. The molecule has 1 N–H and O–H groups in total. The zero-order chi connectivity index (χ0) is 22.0. The van der Waals surface area contributed by atoms with Crippen LogP contribution in [0.3, 0.4) is 0 Å². The van der Waals surface area contributed by atoms with Crippen LogP contribution in [0.4, 0.5) is 4.39 Å². The molecule has 0 bridgehead atoms. The molecule has 160 valence electrons. The lowest BCUT2D eigenvalue weighted by molar-refractivity contribution is -0.156. The topological polar surface area (TPSA) is 68.7 Å². The molecule has 2 heterocycles. The van der Waals surface area contributed by atoms with E-state index in [1.54, 1.807) is 25.5 Å². The molecule has 1 saturated heterocycles. The second-order valence-corrected chi connectivity index (χ2v) is 8.58. The minimum absolute atomic E-state index is 0.00114. The number of fused-ring (bicyclic) bond motifs is 1. The summed E-state index contributed by atoms with van der Waals surface area (Å²) >= 11 is 7.38. The van der Waals surface area contributed by atoms with E-state index in [1.807, 2.05) is 24.3 Å². The van der Waals surface area contributed by atoms with Gasteiger partial charge in [0, 0.05) is 33.4 Å². The van der Waals surface area contributed by atoms with Crippen LogP contribution in [0.2, 0.25) is 5.02 Å².